The Hall–Kier alpha value is -0.620. The minimum atomic E-state index is 0.565. The van der Waals surface area contributed by atoms with E-state index >= 15 is 0 Å². The predicted molar refractivity (Wildman–Crippen MR) is 80.8 cm³/mol. The lowest BCUT2D eigenvalue weighted by molar-refractivity contribution is 0.297. The van der Waals surface area contributed by atoms with Gasteiger partial charge in [0.05, 0.1) is 6.04 Å². The first kappa shape index (κ1) is 14.3. The quantitative estimate of drug-likeness (QED) is 0.874. The van der Waals surface area contributed by atoms with Gasteiger partial charge in [0.1, 0.15) is 0 Å². The van der Waals surface area contributed by atoms with Gasteiger partial charge in [-0.25, -0.2) is 4.68 Å². The van der Waals surface area contributed by atoms with Gasteiger partial charge in [0.25, 0.3) is 0 Å². The summed E-state index contributed by atoms with van der Waals surface area (Å²) in [7, 11) is 0. The molecule has 1 aromatic rings. The average Bonchev–Trinajstić information content (AvgIpc) is 3.21. The molecule has 2 aliphatic carbocycles. The van der Waals surface area contributed by atoms with Crippen molar-refractivity contribution in [2.75, 3.05) is 6.54 Å². The van der Waals surface area contributed by atoms with Gasteiger partial charge in [0.2, 0.25) is 5.16 Å². The average molecular weight is 295 g/mol. The summed E-state index contributed by atoms with van der Waals surface area (Å²) in [5.74, 6) is 0.868. The Morgan fingerprint density at radius 1 is 1.25 bits per heavy atom. The topological polar surface area (TPSA) is 55.6 Å². The first-order valence-corrected chi connectivity index (χ1v) is 8.87. The van der Waals surface area contributed by atoms with E-state index in [1.807, 2.05) is 16.4 Å². The lowest BCUT2D eigenvalue weighted by Crippen LogP contribution is -2.42. The molecule has 1 heterocycles. The zero-order chi connectivity index (χ0) is 13.9. The van der Waals surface area contributed by atoms with E-state index in [9.17, 15) is 0 Å². The summed E-state index contributed by atoms with van der Waals surface area (Å²) in [5, 5.41) is 17.6. The Labute approximate surface area is 125 Å². The van der Waals surface area contributed by atoms with E-state index in [0.29, 0.717) is 17.3 Å². The molecule has 2 saturated carbocycles. The third kappa shape index (κ3) is 3.17. The molecule has 112 valence electrons. The fourth-order valence-electron chi connectivity index (χ4n) is 3.16. The fraction of sp³-hybridized carbons (Fsp3) is 0.929. The molecule has 2 aliphatic rings. The summed E-state index contributed by atoms with van der Waals surface area (Å²) in [4.78, 5) is 0. The molecule has 0 bridgehead atoms. The minimum absolute atomic E-state index is 0.565. The third-order valence-corrected chi connectivity index (χ3v) is 5.86. The number of hydrogen-bond donors (Lipinski definition) is 1. The van der Waals surface area contributed by atoms with Crippen molar-refractivity contribution in [2.45, 2.75) is 74.9 Å². The second-order valence-electron chi connectivity index (χ2n) is 6.05. The molecule has 2 fully saturated rings. The Kier molecular flexibility index (Phi) is 4.61. The van der Waals surface area contributed by atoms with Crippen molar-refractivity contribution in [3.05, 3.63) is 0 Å². The monoisotopic (exact) mass is 295 g/mol. The van der Waals surface area contributed by atoms with Gasteiger partial charge in [0, 0.05) is 11.3 Å². The van der Waals surface area contributed by atoms with Gasteiger partial charge in [-0.05, 0) is 55.0 Å². The Morgan fingerprint density at radius 3 is 2.80 bits per heavy atom. The normalized spacial score (nSPS) is 30.6. The van der Waals surface area contributed by atoms with Crippen LogP contribution in [0.2, 0.25) is 0 Å². The Bertz CT molecular complexity index is 431. The first-order chi connectivity index (χ1) is 9.81. The summed E-state index contributed by atoms with van der Waals surface area (Å²) >= 11 is 1.90. The highest BCUT2D eigenvalue weighted by atomic mass is 32.2. The van der Waals surface area contributed by atoms with E-state index in [4.69, 9.17) is 0 Å². The van der Waals surface area contributed by atoms with Crippen LogP contribution < -0.4 is 5.32 Å². The van der Waals surface area contributed by atoms with Gasteiger partial charge in [-0.3, -0.25) is 0 Å². The van der Waals surface area contributed by atoms with Crippen molar-refractivity contribution in [1.82, 2.24) is 25.5 Å². The van der Waals surface area contributed by atoms with Crippen LogP contribution in [0.3, 0.4) is 0 Å². The summed E-state index contributed by atoms with van der Waals surface area (Å²) in [6.07, 6.45) is 7.70. The maximum absolute atomic E-state index is 4.25. The van der Waals surface area contributed by atoms with Gasteiger partial charge in [0.15, 0.2) is 0 Å². The largest absolute Gasteiger partial charge is 0.313 e. The Morgan fingerprint density at radius 2 is 2.10 bits per heavy atom. The van der Waals surface area contributed by atoms with E-state index in [2.05, 4.69) is 34.7 Å². The maximum atomic E-state index is 4.25. The highest BCUT2D eigenvalue weighted by molar-refractivity contribution is 7.99. The maximum Gasteiger partial charge on any atom is 0.209 e. The molecule has 3 unspecified atom stereocenters. The van der Waals surface area contributed by atoms with Crippen molar-refractivity contribution >= 4 is 11.8 Å². The van der Waals surface area contributed by atoms with Crippen molar-refractivity contribution < 1.29 is 0 Å². The molecule has 3 atom stereocenters. The van der Waals surface area contributed by atoms with Crippen LogP contribution in [-0.4, -0.2) is 38.0 Å². The lowest BCUT2D eigenvalue weighted by atomic mass is 9.84. The van der Waals surface area contributed by atoms with Gasteiger partial charge < -0.3 is 5.32 Å². The SMILES string of the molecule is CCNC1CCC(CC)CC1Sc1nnnn1C1CC1. The third-order valence-electron chi connectivity index (χ3n) is 4.56. The standard InChI is InChI=1S/C14H25N5S/c1-3-10-5-8-12(15-4-2)13(9-10)20-14-16-17-18-19(14)11-6-7-11/h10-13,15H,3-9H2,1-2H3. The molecule has 0 aliphatic heterocycles. The molecule has 6 heteroatoms. The molecular formula is C14H25N5S. The summed E-state index contributed by atoms with van der Waals surface area (Å²) in [5.41, 5.74) is 0. The van der Waals surface area contributed by atoms with Gasteiger partial charge >= 0.3 is 0 Å². The zero-order valence-electron chi connectivity index (χ0n) is 12.5. The van der Waals surface area contributed by atoms with E-state index in [-0.39, 0.29) is 0 Å². The minimum Gasteiger partial charge on any atom is -0.313 e. The summed E-state index contributed by atoms with van der Waals surface area (Å²) < 4.78 is 2.04. The molecule has 0 radical (unpaired) electrons. The van der Waals surface area contributed by atoms with Gasteiger partial charge in [-0.15, -0.1) is 5.10 Å². The van der Waals surface area contributed by atoms with Crippen LogP contribution in [0.15, 0.2) is 5.16 Å². The molecular weight excluding hydrogens is 270 g/mol. The number of rotatable bonds is 6. The highest BCUT2D eigenvalue weighted by Crippen LogP contribution is 2.40. The molecule has 0 aromatic carbocycles. The van der Waals surface area contributed by atoms with Gasteiger partial charge in [-0.2, -0.15) is 0 Å². The van der Waals surface area contributed by atoms with Crippen molar-refractivity contribution in [2.24, 2.45) is 5.92 Å². The second-order valence-corrected chi connectivity index (χ2v) is 7.25. The fourth-order valence-corrected chi connectivity index (χ4v) is 4.57. The van der Waals surface area contributed by atoms with E-state index < -0.39 is 0 Å². The van der Waals surface area contributed by atoms with Crippen LogP contribution in [-0.2, 0) is 0 Å². The predicted octanol–water partition coefficient (Wildman–Crippen LogP) is 2.66. The molecule has 0 amide bonds. The molecule has 1 N–H and O–H groups in total. The number of thioether (sulfide) groups is 1. The number of tetrazole rings is 1. The van der Waals surface area contributed by atoms with Crippen LogP contribution in [0.5, 0.6) is 0 Å². The smallest absolute Gasteiger partial charge is 0.209 e. The zero-order valence-corrected chi connectivity index (χ0v) is 13.3. The molecule has 20 heavy (non-hydrogen) atoms. The van der Waals surface area contributed by atoms with E-state index in [1.165, 1.54) is 38.5 Å². The molecule has 0 spiro atoms. The van der Waals surface area contributed by atoms with Crippen LogP contribution in [0.1, 0.15) is 58.4 Å². The summed E-state index contributed by atoms with van der Waals surface area (Å²) in [6.45, 7) is 5.56. The lowest BCUT2D eigenvalue weighted by Gasteiger charge is -2.35. The van der Waals surface area contributed by atoms with Crippen molar-refractivity contribution in [3.63, 3.8) is 0 Å². The van der Waals surface area contributed by atoms with Crippen molar-refractivity contribution in [1.29, 1.82) is 0 Å². The summed E-state index contributed by atoms with van der Waals surface area (Å²) in [6, 6.07) is 1.17. The number of hydrogen-bond acceptors (Lipinski definition) is 5. The van der Waals surface area contributed by atoms with Gasteiger partial charge in [-0.1, -0.05) is 32.0 Å². The number of nitrogens with zero attached hydrogens (tertiary/aromatic N) is 4. The van der Waals surface area contributed by atoms with Crippen LogP contribution >= 0.6 is 11.8 Å². The van der Waals surface area contributed by atoms with Crippen LogP contribution in [0, 0.1) is 5.92 Å². The first-order valence-electron chi connectivity index (χ1n) is 7.99. The Balaban J connectivity index is 1.69. The number of nitrogens with one attached hydrogen (secondary N) is 1. The van der Waals surface area contributed by atoms with Crippen LogP contribution in [0.4, 0.5) is 0 Å². The molecule has 5 nitrogen and oxygen atoms in total. The van der Waals surface area contributed by atoms with E-state index in [1.54, 1.807) is 0 Å². The molecule has 3 rings (SSSR count). The van der Waals surface area contributed by atoms with Crippen LogP contribution in [0.25, 0.3) is 0 Å². The second kappa shape index (κ2) is 6.43. The molecule has 1 aromatic heterocycles. The number of aromatic nitrogens is 4. The highest BCUT2D eigenvalue weighted by Gasteiger charge is 2.33. The molecule has 0 saturated heterocycles. The van der Waals surface area contributed by atoms with Crippen molar-refractivity contribution in [3.8, 4) is 0 Å². The van der Waals surface area contributed by atoms with E-state index in [0.717, 1.165) is 17.6 Å².